The lowest BCUT2D eigenvalue weighted by molar-refractivity contribution is -0.105. The van der Waals surface area contributed by atoms with Crippen LogP contribution < -0.4 is 9.47 Å². The van der Waals surface area contributed by atoms with Crippen LogP contribution in [0.3, 0.4) is 0 Å². The van der Waals surface area contributed by atoms with Gasteiger partial charge in [0.1, 0.15) is 24.4 Å². The third-order valence-electron chi connectivity index (χ3n) is 3.84. The lowest BCUT2D eigenvalue weighted by atomic mass is 10.1. The summed E-state index contributed by atoms with van der Waals surface area (Å²) in [4.78, 5) is 19.5. The van der Waals surface area contributed by atoms with Gasteiger partial charge in [-0.25, -0.2) is 9.97 Å². The van der Waals surface area contributed by atoms with Gasteiger partial charge < -0.3 is 14.3 Å². The summed E-state index contributed by atoms with van der Waals surface area (Å²) in [6.07, 6.45) is 4.60. The van der Waals surface area contributed by atoms with Gasteiger partial charge >= 0.3 is 0 Å². The molecular formula is C21H19N2O3. The Morgan fingerprint density at radius 1 is 1.00 bits per heavy atom. The van der Waals surface area contributed by atoms with Crippen molar-refractivity contribution in [3.8, 4) is 22.9 Å². The predicted molar refractivity (Wildman–Crippen MR) is 98.9 cm³/mol. The maximum Gasteiger partial charge on any atom is 0.163 e. The molecule has 0 atom stereocenters. The highest BCUT2D eigenvalue weighted by atomic mass is 16.5. The molecule has 3 aromatic rings. The van der Waals surface area contributed by atoms with Crippen LogP contribution in [0, 0.1) is 6.42 Å². The Morgan fingerprint density at radius 2 is 1.77 bits per heavy atom. The largest absolute Gasteiger partial charge is 0.496 e. The van der Waals surface area contributed by atoms with Crippen LogP contribution in [0.25, 0.3) is 11.4 Å². The number of nitrogens with zero attached hydrogens (tertiary/aromatic N) is 2. The molecule has 0 amide bonds. The molecule has 2 aromatic carbocycles. The summed E-state index contributed by atoms with van der Waals surface area (Å²) in [5, 5.41) is 0. The number of para-hydroxylation sites is 2. The smallest absolute Gasteiger partial charge is 0.163 e. The van der Waals surface area contributed by atoms with E-state index in [-0.39, 0.29) is 0 Å². The monoisotopic (exact) mass is 347 g/mol. The molecule has 0 spiro atoms. The Bertz CT molecular complexity index is 880. The Kier molecular flexibility index (Phi) is 5.93. The van der Waals surface area contributed by atoms with Gasteiger partial charge in [-0.15, -0.1) is 0 Å². The van der Waals surface area contributed by atoms with Crippen molar-refractivity contribution < 1.29 is 14.3 Å². The number of carbonyl (C=O) groups excluding carboxylic acids is 1. The van der Waals surface area contributed by atoms with Gasteiger partial charge in [0.2, 0.25) is 0 Å². The second-order valence-corrected chi connectivity index (χ2v) is 5.54. The molecule has 1 radical (unpaired) electrons. The number of carbonyl (C=O) groups is 1. The second kappa shape index (κ2) is 8.76. The van der Waals surface area contributed by atoms with E-state index in [1.807, 2.05) is 54.6 Å². The fraction of sp³-hybridized carbons (Fsp3) is 0.143. The maximum atomic E-state index is 10.6. The van der Waals surface area contributed by atoms with Crippen molar-refractivity contribution in [1.82, 2.24) is 9.97 Å². The molecule has 0 N–H and O–H groups in total. The molecule has 26 heavy (non-hydrogen) atoms. The van der Waals surface area contributed by atoms with Gasteiger partial charge in [0.25, 0.3) is 0 Å². The molecule has 1 heterocycles. The van der Waals surface area contributed by atoms with E-state index in [0.717, 1.165) is 34.6 Å². The lowest BCUT2D eigenvalue weighted by Crippen LogP contribution is -2.03. The maximum absolute atomic E-state index is 10.6. The molecule has 131 valence electrons. The van der Waals surface area contributed by atoms with E-state index >= 15 is 0 Å². The molecule has 1 aromatic heterocycles. The van der Waals surface area contributed by atoms with Crippen LogP contribution in [-0.4, -0.2) is 23.4 Å². The molecule has 0 saturated heterocycles. The zero-order valence-corrected chi connectivity index (χ0v) is 14.5. The van der Waals surface area contributed by atoms with Gasteiger partial charge in [0.15, 0.2) is 5.82 Å². The topological polar surface area (TPSA) is 61.3 Å². The fourth-order valence-corrected chi connectivity index (χ4v) is 2.58. The molecule has 0 fully saturated rings. The van der Waals surface area contributed by atoms with Gasteiger partial charge in [-0.1, -0.05) is 30.3 Å². The highest BCUT2D eigenvalue weighted by molar-refractivity contribution is 5.64. The first-order valence-electron chi connectivity index (χ1n) is 8.25. The summed E-state index contributed by atoms with van der Waals surface area (Å²) >= 11 is 0. The van der Waals surface area contributed by atoms with Crippen molar-refractivity contribution in [2.24, 2.45) is 0 Å². The summed E-state index contributed by atoms with van der Waals surface area (Å²) in [6.45, 7) is 0.308. The Morgan fingerprint density at radius 3 is 2.58 bits per heavy atom. The molecule has 0 bridgehead atoms. The van der Waals surface area contributed by atoms with Crippen LogP contribution in [0.4, 0.5) is 0 Å². The fourth-order valence-electron chi connectivity index (χ4n) is 2.58. The number of hydrogen-bond acceptors (Lipinski definition) is 5. The van der Waals surface area contributed by atoms with Crippen molar-refractivity contribution >= 4 is 6.29 Å². The molecule has 5 nitrogen and oxygen atoms in total. The summed E-state index contributed by atoms with van der Waals surface area (Å²) in [5.74, 6) is 2.05. The minimum atomic E-state index is 0.308. The highest BCUT2D eigenvalue weighted by Gasteiger charge is 2.09. The van der Waals surface area contributed by atoms with Gasteiger partial charge in [0, 0.05) is 12.6 Å². The second-order valence-electron chi connectivity index (χ2n) is 5.54. The summed E-state index contributed by atoms with van der Waals surface area (Å²) in [5.41, 5.74) is 2.55. The van der Waals surface area contributed by atoms with E-state index < -0.39 is 0 Å². The zero-order valence-electron chi connectivity index (χ0n) is 14.5. The first-order chi connectivity index (χ1) is 12.8. The minimum Gasteiger partial charge on any atom is -0.496 e. The van der Waals surface area contributed by atoms with E-state index in [9.17, 15) is 4.79 Å². The highest BCUT2D eigenvalue weighted by Crippen LogP contribution is 2.27. The van der Waals surface area contributed by atoms with Crippen molar-refractivity contribution in [2.75, 3.05) is 7.11 Å². The molecule has 5 heteroatoms. The number of benzene rings is 2. The number of rotatable bonds is 8. The van der Waals surface area contributed by atoms with Gasteiger partial charge in [-0.05, 0) is 36.2 Å². The summed E-state index contributed by atoms with van der Waals surface area (Å²) in [7, 11) is 1.62. The average Bonchev–Trinajstić information content (AvgIpc) is 2.71. The van der Waals surface area contributed by atoms with E-state index in [1.165, 1.54) is 0 Å². The quantitative estimate of drug-likeness (QED) is 0.582. The van der Waals surface area contributed by atoms with Crippen molar-refractivity contribution in [1.29, 1.82) is 0 Å². The van der Waals surface area contributed by atoms with Crippen LogP contribution in [0.15, 0.2) is 60.8 Å². The van der Waals surface area contributed by atoms with Crippen molar-refractivity contribution in [2.45, 2.75) is 13.0 Å². The predicted octanol–water partition coefficient (Wildman–Crippen LogP) is 3.68. The van der Waals surface area contributed by atoms with Crippen LogP contribution in [0.1, 0.15) is 11.3 Å². The average molecular weight is 347 g/mol. The zero-order chi connectivity index (χ0) is 18.2. The van der Waals surface area contributed by atoms with Gasteiger partial charge in [-0.3, -0.25) is 0 Å². The summed E-state index contributed by atoms with van der Waals surface area (Å²) in [6, 6.07) is 17.1. The molecule has 0 aliphatic heterocycles. The van der Waals surface area contributed by atoms with Crippen LogP contribution in [0.2, 0.25) is 0 Å². The minimum absolute atomic E-state index is 0.308. The Hall–Kier alpha value is -3.21. The van der Waals surface area contributed by atoms with E-state index in [0.29, 0.717) is 18.9 Å². The molecular weight excluding hydrogens is 328 g/mol. The van der Waals surface area contributed by atoms with Crippen molar-refractivity contribution in [3.63, 3.8) is 0 Å². The normalized spacial score (nSPS) is 10.3. The van der Waals surface area contributed by atoms with Crippen LogP contribution in [-0.2, 0) is 17.8 Å². The number of ether oxygens (including phenoxy) is 2. The molecule has 0 unspecified atom stereocenters. The molecule has 3 rings (SSSR count). The Labute approximate surface area is 152 Å². The number of hydrogen-bond donors (Lipinski definition) is 0. The van der Waals surface area contributed by atoms with Crippen molar-refractivity contribution in [3.05, 3.63) is 78.5 Å². The lowest BCUT2D eigenvalue weighted by Gasteiger charge is -2.11. The molecule has 0 saturated carbocycles. The first-order valence-corrected chi connectivity index (χ1v) is 8.25. The SMILES string of the molecule is COc1ccccc1-c1nccc(COc2ccccc2C[CH]C=O)n1. The van der Waals surface area contributed by atoms with E-state index in [4.69, 9.17) is 9.47 Å². The number of methoxy groups -OCH3 is 1. The van der Waals surface area contributed by atoms with Gasteiger partial charge in [0.05, 0.1) is 18.4 Å². The van der Waals surface area contributed by atoms with Gasteiger partial charge in [-0.2, -0.15) is 0 Å². The van der Waals surface area contributed by atoms with Crippen LogP contribution >= 0.6 is 0 Å². The van der Waals surface area contributed by atoms with E-state index in [1.54, 1.807) is 19.7 Å². The third kappa shape index (κ3) is 4.25. The number of aldehydes is 1. The Balaban J connectivity index is 1.77. The van der Waals surface area contributed by atoms with Crippen LogP contribution in [0.5, 0.6) is 11.5 Å². The number of aromatic nitrogens is 2. The third-order valence-corrected chi connectivity index (χ3v) is 3.84. The molecule has 0 aliphatic carbocycles. The first kappa shape index (κ1) is 17.6. The molecule has 0 aliphatic rings. The standard InChI is InChI=1S/C21H19N2O3/c1-25-20-11-5-3-9-18(20)21-22-13-12-17(23-21)15-26-19-10-4-2-7-16(19)8-6-14-24/h2-7,9-14H,8,15H2,1H3. The summed E-state index contributed by atoms with van der Waals surface area (Å²) < 4.78 is 11.3. The van der Waals surface area contributed by atoms with E-state index in [2.05, 4.69) is 9.97 Å².